The van der Waals surface area contributed by atoms with Gasteiger partial charge in [0.05, 0.1) is 17.8 Å². The van der Waals surface area contributed by atoms with E-state index in [1.807, 2.05) is 11.8 Å². The molecule has 3 atom stereocenters. The summed E-state index contributed by atoms with van der Waals surface area (Å²) >= 11 is 1.85. The molecule has 19 heavy (non-hydrogen) atoms. The lowest BCUT2D eigenvalue weighted by molar-refractivity contribution is 0.119. The first-order valence-corrected chi connectivity index (χ1v) is 8.37. The smallest absolute Gasteiger partial charge is 0.232 e. The average Bonchev–Trinajstić information content (AvgIpc) is 2.78. The molecule has 1 aromatic heterocycles. The Labute approximate surface area is 119 Å². The fourth-order valence-corrected chi connectivity index (χ4v) is 3.17. The van der Waals surface area contributed by atoms with Crippen molar-refractivity contribution in [2.75, 3.05) is 0 Å². The number of thioether (sulfide) groups is 1. The van der Waals surface area contributed by atoms with E-state index in [9.17, 15) is 5.11 Å². The van der Waals surface area contributed by atoms with E-state index in [1.54, 1.807) is 0 Å². The Kier molecular flexibility index (Phi) is 5.70. The summed E-state index contributed by atoms with van der Waals surface area (Å²) in [5.74, 6) is 2.23. The zero-order valence-corrected chi connectivity index (χ0v) is 12.7. The Hall–Kier alpha value is -0.550. The molecule has 5 heteroatoms. The third-order valence-electron chi connectivity index (χ3n) is 3.85. The van der Waals surface area contributed by atoms with Crippen molar-refractivity contribution in [3.63, 3.8) is 0 Å². The van der Waals surface area contributed by atoms with Gasteiger partial charge in [-0.3, -0.25) is 0 Å². The summed E-state index contributed by atoms with van der Waals surface area (Å²) in [7, 11) is 0. The molecule has 1 aromatic rings. The number of aliphatic hydroxyl groups is 1. The fraction of sp³-hybridized carbons (Fsp3) is 0.857. The minimum atomic E-state index is -0.321. The highest BCUT2D eigenvalue weighted by atomic mass is 32.2. The van der Waals surface area contributed by atoms with Crippen molar-refractivity contribution in [1.29, 1.82) is 0 Å². The second-order valence-electron chi connectivity index (χ2n) is 5.39. The summed E-state index contributed by atoms with van der Waals surface area (Å²) in [5, 5.41) is 14.8. The monoisotopic (exact) mass is 284 g/mol. The standard InChI is InChI=1S/C14H24N2O2S/c1-3-10(2)19-9-13-15-14(18-16-13)11-7-5-4-6-8-12(11)17/h10-12,17H,3-9H2,1-2H3. The molecule has 0 spiro atoms. The average molecular weight is 284 g/mol. The van der Waals surface area contributed by atoms with Gasteiger partial charge in [-0.2, -0.15) is 16.7 Å². The molecule has 1 fully saturated rings. The molecule has 2 rings (SSSR count). The van der Waals surface area contributed by atoms with E-state index in [-0.39, 0.29) is 12.0 Å². The van der Waals surface area contributed by atoms with Crippen molar-refractivity contribution in [1.82, 2.24) is 10.1 Å². The fourth-order valence-electron chi connectivity index (χ4n) is 2.39. The number of hydrogen-bond donors (Lipinski definition) is 1. The molecule has 1 aliphatic rings. The maximum absolute atomic E-state index is 10.1. The third-order valence-corrected chi connectivity index (χ3v) is 5.18. The topological polar surface area (TPSA) is 59.2 Å². The Morgan fingerprint density at radius 3 is 2.95 bits per heavy atom. The molecule has 0 amide bonds. The van der Waals surface area contributed by atoms with Gasteiger partial charge < -0.3 is 9.63 Å². The molecule has 0 bridgehead atoms. The molecule has 3 unspecified atom stereocenters. The van der Waals surface area contributed by atoms with E-state index < -0.39 is 0 Å². The third kappa shape index (κ3) is 4.21. The highest BCUT2D eigenvalue weighted by Crippen LogP contribution is 2.31. The van der Waals surface area contributed by atoms with Gasteiger partial charge in [0.2, 0.25) is 5.89 Å². The lowest BCUT2D eigenvalue weighted by Crippen LogP contribution is -2.17. The highest BCUT2D eigenvalue weighted by Gasteiger charge is 2.28. The lowest BCUT2D eigenvalue weighted by Gasteiger charge is -2.15. The van der Waals surface area contributed by atoms with E-state index >= 15 is 0 Å². The zero-order valence-electron chi connectivity index (χ0n) is 11.8. The summed E-state index contributed by atoms with van der Waals surface area (Å²) in [6.45, 7) is 4.39. The van der Waals surface area contributed by atoms with Crippen LogP contribution >= 0.6 is 11.8 Å². The first-order valence-electron chi connectivity index (χ1n) is 7.32. The van der Waals surface area contributed by atoms with Gasteiger partial charge in [0.15, 0.2) is 5.82 Å². The number of hydrogen-bond acceptors (Lipinski definition) is 5. The van der Waals surface area contributed by atoms with Gasteiger partial charge in [0.1, 0.15) is 0 Å². The van der Waals surface area contributed by atoms with E-state index in [4.69, 9.17) is 4.52 Å². The minimum absolute atomic E-state index is 0.0392. The Balaban J connectivity index is 1.95. The van der Waals surface area contributed by atoms with Gasteiger partial charge in [-0.15, -0.1) is 0 Å². The van der Waals surface area contributed by atoms with Gasteiger partial charge in [-0.25, -0.2) is 0 Å². The normalized spacial score (nSPS) is 26.1. The number of aromatic nitrogens is 2. The van der Waals surface area contributed by atoms with E-state index in [0.29, 0.717) is 11.1 Å². The van der Waals surface area contributed by atoms with Gasteiger partial charge in [-0.05, 0) is 19.3 Å². The predicted molar refractivity (Wildman–Crippen MR) is 77.2 cm³/mol. The quantitative estimate of drug-likeness (QED) is 0.838. The molecule has 0 saturated heterocycles. The number of aliphatic hydroxyl groups excluding tert-OH is 1. The van der Waals surface area contributed by atoms with E-state index in [0.717, 1.165) is 43.7 Å². The summed E-state index contributed by atoms with van der Waals surface area (Å²) in [6, 6.07) is 0. The van der Waals surface area contributed by atoms with E-state index in [1.165, 1.54) is 6.42 Å². The van der Waals surface area contributed by atoms with Crippen molar-refractivity contribution in [3.8, 4) is 0 Å². The molecule has 0 aromatic carbocycles. The molecule has 4 nitrogen and oxygen atoms in total. The second kappa shape index (κ2) is 7.29. The Morgan fingerprint density at radius 1 is 1.37 bits per heavy atom. The number of rotatable bonds is 5. The van der Waals surface area contributed by atoms with Crippen LogP contribution in [0.3, 0.4) is 0 Å². The Bertz CT molecular complexity index is 383. The van der Waals surface area contributed by atoms with Crippen LogP contribution in [0, 0.1) is 0 Å². The molecular weight excluding hydrogens is 260 g/mol. The minimum Gasteiger partial charge on any atom is -0.392 e. The highest BCUT2D eigenvalue weighted by molar-refractivity contribution is 7.99. The molecule has 1 saturated carbocycles. The predicted octanol–water partition coefficient (Wildman–Crippen LogP) is 3.51. The second-order valence-corrected chi connectivity index (χ2v) is 6.82. The van der Waals surface area contributed by atoms with Crippen molar-refractivity contribution < 1.29 is 9.63 Å². The summed E-state index contributed by atoms with van der Waals surface area (Å²) in [4.78, 5) is 4.47. The lowest BCUT2D eigenvalue weighted by atomic mass is 9.97. The van der Waals surface area contributed by atoms with Crippen LogP contribution in [0.25, 0.3) is 0 Å². The zero-order chi connectivity index (χ0) is 13.7. The van der Waals surface area contributed by atoms with Crippen LogP contribution in [0.1, 0.15) is 70.0 Å². The van der Waals surface area contributed by atoms with Crippen LogP contribution in [-0.2, 0) is 5.75 Å². The molecular formula is C14H24N2O2S. The molecule has 1 aliphatic carbocycles. The van der Waals surface area contributed by atoms with Crippen LogP contribution in [0.4, 0.5) is 0 Å². The van der Waals surface area contributed by atoms with Gasteiger partial charge in [0.25, 0.3) is 0 Å². The van der Waals surface area contributed by atoms with Crippen molar-refractivity contribution >= 4 is 11.8 Å². The summed E-state index contributed by atoms with van der Waals surface area (Å²) in [6.07, 6.45) is 6.07. The largest absolute Gasteiger partial charge is 0.392 e. The van der Waals surface area contributed by atoms with Crippen LogP contribution in [-0.4, -0.2) is 26.6 Å². The number of nitrogens with zero attached hydrogens (tertiary/aromatic N) is 2. The van der Waals surface area contributed by atoms with Gasteiger partial charge in [0, 0.05) is 5.25 Å². The molecule has 108 valence electrons. The van der Waals surface area contributed by atoms with Crippen LogP contribution in [0.5, 0.6) is 0 Å². The first-order chi connectivity index (χ1) is 9.20. The van der Waals surface area contributed by atoms with Crippen molar-refractivity contribution in [3.05, 3.63) is 11.7 Å². The Morgan fingerprint density at radius 2 is 2.16 bits per heavy atom. The van der Waals surface area contributed by atoms with Crippen molar-refractivity contribution in [2.24, 2.45) is 0 Å². The van der Waals surface area contributed by atoms with Gasteiger partial charge >= 0.3 is 0 Å². The molecule has 0 radical (unpaired) electrons. The van der Waals surface area contributed by atoms with Crippen LogP contribution < -0.4 is 0 Å². The van der Waals surface area contributed by atoms with Crippen LogP contribution in [0.15, 0.2) is 4.52 Å². The first kappa shape index (κ1) is 14.9. The molecule has 0 aliphatic heterocycles. The molecule has 1 N–H and O–H groups in total. The maximum atomic E-state index is 10.1. The summed E-state index contributed by atoms with van der Waals surface area (Å²) in [5.41, 5.74) is 0. The van der Waals surface area contributed by atoms with Gasteiger partial charge in [-0.1, -0.05) is 38.3 Å². The van der Waals surface area contributed by atoms with E-state index in [2.05, 4.69) is 24.0 Å². The SMILES string of the molecule is CCC(C)SCc1noc(C2CCCCCC2O)n1. The maximum Gasteiger partial charge on any atom is 0.232 e. The molecule has 1 heterocycles. The van der Waals surface area contributed by atoms with Crippen molar-refractivity contribution in [2.45, 2.75) is 75.4 Å². The van der Waals surface area contributed by atoms with Crippen LogP contribution in [0.2, 0.25) is 0 Å². The summed E-state index contributed by atoms with van der Waals surface area (Å²) < 4.78 is 5.36.